The molecule has 0 aliphatic carbocycles. The van der Waals surface area contributed by atoms with Gasteiger partial charge in [-0.15, -0.1) is 0 Å². The smallest absolute Gasteiger partial charge is 0.274 e. The monoisotopic (exact) mass is 277 g/mol. The fourth-order valence-corrected chi connectivity index (χ4v) is 2.75. The predicted molar refractivity (Wildman–Crippen MR) is 81.3 cm³/mol. The quantitative estimate of drug-likeness (QED) is 0.679. The molecule has 5 heteroatoms. The SMILES string of the molecule is Cc1cc(C)c([N+](=O)[O-])cc1NCC1CCN(C)CC1. The van der Waals surface area contributed by atoms with E-state index in [-0.39, 0.29) is 10.6 Å². The van der Waals surface area contributed by atoms with Crippen molar-refractivity contribution in [2.75, 3.05) is 32.0 Å². The van der Waals surface area contributed by atoms with E-state index in [1.54, 1.807) is 13.0 Å². The minimum Gasteiger partial charge on any atom is -0.384 e. The average Bonchev–Trinajstić information content (AvgIpc) is 2.39. The highest BCUT2D eigenvalue weighted by molar-refractivity contribution is 5.60. The van der Waals surface area contributed by atoms with Crippen LogP contribution in [0.1, 0.15) is 24.0 Å². The number of nitrogens with zero attached hydrogens (tertiary/aromatic N) is 2. The lowest BCUT2D eigenvalue weighted by molar-refractivity contribution is -0.385. The zero-order valence-electron chi connectivity index (χ0n) is 12.5. The second-order valence-electron chi connectivity index (χ2n) is 5.84. The first-order valence-electron chi connectivity index (χ1n) is 7.15. The predicted octanol–water partition coefficient (Wildman–Crippen LogP) is 2.97. The van der Waals surface area contributed by atoms with Crippen LogP contribution < -0.4 is 5.32 Å². The Labute approximate surface area is 120 Å². The number of rotatable bonds is 4. The molecule has 2 rings (SSSR count). The van der Waals surface area contributed by atoms with Crippen molar-refractivity contribution in [2.45, 2.75) is 26.7 Å². The molecule has 1 heterocycles. The van der Waals surface area contributed by atoms with Gasteiger partial charge in [-0.1, -0.05) is 0 Å². The van der Waals surface area contributed by atoms with E-state index < -0.39 is 0 Å². The summed E-state index contributed by atoms with van der Waals surface area (Å²) >= 11 is 0. The molecule has 1 aliphatic rings. The number of likely N-dealkylation sites (tertiary alicyclic amines) is 1. The number of nitro benzene ring substituents is 1. The van der Waals surface area contributed by atoms with Gasteiger partial charge in [0.05, 0.1) is 4.92 Å². The van der Waals surface area contributed by atoms with Crippen LogP contribution in [0.3, 0.4) is 0 Å². The van der Waals surface area contributed by atoms with Crippen LogP contribution in [0.5, 0.6) is 0 Å². The highest BCUT2D eigenvalue weighted by Gasteiger charge is 2.18. The van der Waals surface area contributed by atoms with Gasteiger partial charge in [-0.25, -0.2) is 0 Å². The van der Waals surface area contributed by atoms with Crippen molar-refractivity contribution in [3.05, 3.63) is 33.4 Å². The van der Waals surface area contributed by atoms with Crippen LogP contribution in [0.4, 0.5) is 11.4 Å². The third-order valence-corrected chi connectivity index (χ3v) is 4.16. The van der Waals surface area contributed by atoms with Gasteiger partial charge in [0.25, 0.3) is 5.69 Å². The lowest BCUT2D eigenvalue weighted by atomic mass is 9.97. The van der Waals surface area contributed by atoms with Gasteiger partial charge >= 0.3 is 0 Å². The largest absolute Gasteiger partial charge is 0.384 e. The Kier molecular flexibility index (Phi) is 4.60. The Balaban J connectivity index is 2.02. The van der Waals surface area contributed by atoms with Gasteiger partial charge in [0, 0.05) is 23.9 Å². The molecule has 0 radical (unpaired) electrons. The van der Waals surface area contributed by atoms with Crippen LogP contribution in [0.2, 0.25) is 0 Å². The number of nitrogens with one attached hydrogen (secondary N) is 1. The minimum atomic E-state index is -0.310. The molecule has 5 nitrogen and oxygen atoms in total. The van der Waals surface area contributed by atoms with Crippen LogP contribution in [0.25, 0.3) is 0 Å². The van der Waals surface area contributed by atoms with Crippen molar-refractivity contribution < 1.29 is 4.92 Å². The van der Waals surface area contributed by atoms with Gasteiger partial charge in [-0.05, 0) is 64.4 Å². The van der Waals surface area contributed by atoms with E-state index in [4.69, 9.17) is 0 Å². The number of piperidine rings is 1. The summed E-state index contributed by atoms with van der Waals surface area (Å²) in [6.07, 6.45) is 2.38. The normalized spacial score (nSPS) is 17.1. The van der Waals surface area contributed by atoms with Gasteiger partial charge in [-0.2, -0.15) is 0 Å². The molecular formula is C15H23N3O2. The molecule has 1 aromatic rings. The van der Waals surface area contributed by atoms with E-state index in [2.05, 4.69) is 17.3 Å². The maximum absolute atomic E-state index is 11.0. The minimum absolute atomic E-state index is 0.196. The maximum atomic E-state index is 11.0. The Morgan fingerprint density at radius 1 is 1.30 bits per heavy atom. The molecule has 1 aliphatic heterocycles. The van der Waals surface area contributed by atoms with Crippen LogP contribution >= 0.6 is 0 Å². The first kappa shape index (κ1) is 14.8. The highest BCUT2D eigenvalue weighted by atomic mass is 16.6. The number of benzene rings is 1. The average molecular weight is 277 g/mol. The van der Waals surface area contributed by atoms with Gasteiger partial charge < -0.3 is 10.2 Å². The molecule has 0 saturated carbocycles. The fourth-order valence-electron chi connectivity index (χ4n) is 2.75. The molecule has 0 bridgehead atoms. The summed E-state index contributed by atoms with van der Waals surface area (Å²) in [5.41, 5.74) is 2.88. The van der Waals surface area contributed by atoms with Crippen LogP contribution in [0, 0.1) is 29.9 Å². The topological polar surface area (TPSA) is 58.4 Å². The maximum Gasteiger partial charge on any atom is 0.274 e. The van der Waals surface area contributed by atoms with Crippen molar-refractivity contribution in [1.29, 1.82) is 0 Å². The molecule has 20 heavy (non-hydrogen) atoms. The van der Waals surface area contributed by atoms with Crippen LogP contribution in [-0.4, -0.2) is 36.5 Å². The standard InChI is InChI=1S/C15H23N3O2/c1-11-8-12(2)15(18(19)20)9-14(11)16-10-13-4-6-17(3)7-5-13/h8-9,13,16H,4-7,10H2,1-3H3. The molecule has 1 fully saturated rings. The highest BCUT2D eigenvalue weighted by Crippen LogP contribution is 2.27. The Morgan fingerprint density at radius 3 is 2.55 bits per heavy atom. The summed E-state index contributed by atoms with van der Waals surface area (Å²) < 4.78 is 0. The van der Waals surface area contributed by atoms with Crippen LogP contribution in [0.15, 0.2) is 12.1 Å². The van der Waals surface area contributed by atoms with E-state index in [0.717, 1.165) is 36.4 Å². The summed E-state index contributed by atoms with van der Waals surface area (Å²) in [6.45, 7) is 6.95. The number of hydrogen-bond acceptors (Lipinski definition) is 4. The Hall–Kier alpha value is -1.62. The lowest BCUT2D eigenvalue weighted by Gasteiger charge is -2.29. The van der Waals surface area contributed by atoms with Gasteiger partial charge in [0.15, 0.2) is 0 Å². The molecule has 0 unspecified atom stereocenters. The molecule has 1 saturated heterocycles. The lowest BCUT2D eigenvalue weighted by Crippen LogP contribution is -2.33. The first-order valence-corrected chi connectivity index (χ1v) is 7.15. The molecular weight excluding hydrogens is 254 g/mol. The molecule has 1 aromatic carbocycles. The summed E-state index contributed by atoms with van der Waals surface area (Å²) in [7, 11) is 2.15. The zero-order chi connectivity index (χ0) is 14.7. The Morgan fingerprint density at radius 2 is 1.95 bits per heavy atom. The molecule has 0 aromatic heterocycles. The van der Waals surface area contributed by atoms with Crippen molar-refractivity contribution in [3.8, 4) is 0 Å². The zero-order valence-corrected chi connectivity index (χ0v) is 12.5. The number of hydrogen-bond donors (Lipinski definition) is 1. The van der Waals surface area contributed by atoms with E-state index in [1.165, 1.54) is 12.8 Å². The number of aryl methyl sites for hydroxylation is 2. The summed E-state index contributed by atoms with van der Waals surface area (Å²) in [5, 5.41) is 14.4. The third-order valence-electron chi connectivity index (χ3n) is 4.16. The third kappa shape index (κ3) is 3.48. The summed E-state index contributed by atoms with van der Waals surface area (Å²) in [6, 6.07) is 3.55. The fraction of sp³-hybridized carbons (Fsp3) is 0.600. The van der Waals surface area contributed by atoms with Gasteiger partial charge in [0.1, 0.15) is 0 Å². The van der Waals surface area contributed by atoms with Crippen molar-refractivity contribution in [2.24, 2.45) is 5.92 Å². The van der Waals surface area contributed by atoms with Gasteiger partial charge in [0.2, 0.25) is 0 Å². The van der Waals surface area contributed by atoms with E-state index in [1.807, 2.05) is 13.0 Å². The van der Waals surface area contributed by atoms with Crippen molar-refractivity contribution in [3.63, 3.8) is 0 Å². The molecule has 0 spiro atoms. The number of anilines is 1. The Bertz CT molecular complexity index is 494. The summed E-state index contributed by atoms with van der Waals surface area (Å²) in [4.78, 5) is 13.0. The second-order valence-corrected chi connectivity index (χ2v) is 5.84. The second kappa shape index (κ2) is 6.22. The van der Waals surface area contributed by atoms with Crippen LogP contribution in [-0.2, 0) is 0 Å². The molecule has 1 N–H and O–H groups in total. The van der Waals surface area contributed by atoms with E-state index in [9.17, 15) is 10.1 Å². The molecule has 110 valence electrons. The molecule has 0 atom stereocenters. The van der Waals surface area contributed by atoms with Crippen molar-refractivity contribution in [1.82, 2.24) is 4.90 Å². The molecule has 0 amide bonds. The summed E-state index contributed by atoms with van der Waals surface area (Å²) in [5.74, 6) is 0.658. The first-order chi connectivity index (χ1) is 9.47. The van der Waals surface area contributed by atoms with E-state index in [0.29, 0.717) is 5.92 Å². The number of nitro groups is 1. The van der Waals surface area contributed by atoms with Crippen molar-refractivity contribution >= 4 is 11.4 Å². The van der Waals surface area contributed by atoms with Gasteiger partial charge in [-0.3, -0.25) is 10.1 Å². The van der Waals surface area contributed by atoms with E-state index >= 15 is 0 Å².